The number of hydrogen-bond acceptors (Lipinski definition) is 4. The summed E-state index contributed by atoms with van der Waals surface area (Å²) in [6.45, 7) is 4.60. The molecule has 2 aromatic rings. The lowest BCUT2D eigenvalue weighted by molar-refractivity contribution is -0.112. The van der Waals surface area contributed by atoms with E-state index in [4.69, 9.17) is 4.74 Å². The van der Waals surface area contributed by atoms with Crippen molar-refractivity contribution < 1.29 is 9.53 Å². The number of amides is 1. The first-order chi connectivity index (χ1) is 12.5. The predicted molar refractivity (Wildman–Crippen MR) is 103 cm³/mol. The lowest BCUT2D eigenvalue weighted by Crippen LogP contribution is -2.17. The fourth-order valence-corrected chi connectivity index (χ4v) is 2.51. The lowest BCUT2D eigenvalue weighted by atomic mass is 10.0. The van der Waals surface area contributed by atoms with Crippen molar-refractivity contribution >= 4 is 11.6 Å². The Hall–Kier alpha value is -3.26. The Morgan fingerprint density at radius 3 is 2.69 bits per heavy atom. The van der Waals surface area contributed by atoms with Gasteiger partial charge in [0.1, 0.15) is 17.4 Å². The van der Waals surface area contributed by atoms with Crippen LogP contribution < -0.4 is 15.4 Å². The number of ether oxygens (including phenoxy) is 1. The van der Waals surface area contributed by atoms with Crippen molar-refractivity contribution in [2.75, 3.05) is 12.4 Å². The van der Waals surface area contributed by atoms with Gasteiger partial charge in [-0.3, -0.25) is 4.79 Å². The monoisotopic (exact) mass is 349 g/mol. The molecule has 0 saturated carbocycles. The summed E-state index contributed by atoms with van der Waals surface area (Å²) < 4.78 is 5.18. The number of carbonyl (C=O) groups is 1. The molecule has 0 unspecified atom stereocenters. The van der Waals surface area contributed by atoms with E-state index in [9.17, 15) is 10.1 Å². The third-order valence-corrected chi connectivity index (χ3v) is 3.88. The number of nitrogens with one attached hydrogen (secondary N) is 2. The summed E-state index contributed by atoms with van der Waals surface area (Å²) in [7, 11) is 1.61. The van der Waals surface area contributed by atoms with Crippen LogP contribution in [0.3, 0.4) is 0 Å². The fourth-order valence-electron chi connectivity index (χ4n) is 2.51. The number of carbonyl (C=O) groups excluding carboxylic acids is 1. The molecule has 0 aliphatic carbocycles. The average Bonchev–Trinajstić information content (AvgIpc) is 2.65. The molecule has 5 heteroatoms. The van der Waals surface area contributed by atoms with Crippen molar-refractivity contribution in [3.05, 3.63) is 71.4 Å². The van der Waals surface area contributed by atoms with Crippen LogP contribution in [0.2, 0.25) is 0 Å². The van der Waals surface area contributed by atoms with Gasteiger partial charge in [0.15, 0.2) is 0 Å². The number of hydrogen-bond donors (Lipinski definition) is 2. The largest absolute Gasteiger partial charge is 0.497 e. The number of para-hydroxylation sites is 1. The highest BCUT2D eigenvalue weighted by molar-refractivity contribution is 6.06. The van der Waals surface area contributed by atoms with Crippen LogP contribution in [0.25, 0.3) is 0 Å². The van der Waals surface area contributed by atoms with Gasteiger partial charge in [0.25, 0.3) is 5.91 Å². The van der Waals surface area contributed by atoms with Crippen LogP contribution in [0.15, 0.2) is 60.3 Å². The minimum Gasteiger partial charge on any atom is -0.497 e. The first kappa shape index (κ1) is 19.1. The van der Waals surface area contributed by atoms with Crippen molar-refractivity contribution in [2.45, 2.75) is 26.3 Å². The van der Waals surface area contributed by atoms with Crippen LogP contribution in [0.1, 0.15) is 30.9 Å². The van der Waals surface area contributed by atoms with Gasteiger partial charge in [-0.25, -0.2) is 0 Å². The molecule has 0 fully saturated rings. The summed E-state index contributed by atoms with van der Waals surface area (Å²) in [5.41, 5.74) is 2.76. The van der Waals surface area contributed by atoms with Crippen LogP contribution in [-0.2, 0) is 11.3 Å². The molecule has 0 atom stereocenters. The van der Waals surface area contributed by atoms with Crippen molar-refractivity contribution in [3.63, 3.8) is 0 Å². The van der Waals surface area contributed by atoms with Crippen LogP contribution in [0.4, 0.5) is 5.69 Å². The Morgan fingerprint density at radius 1 is 1.23 bits per heavy atom. The molecule has 0 radical (unpaired) electrons. The number of methoxy groups -OCH3 is 1. The Labute approximate surface area is 154 Å². The van der Waals surface area contributed by atoms with E-state index in [2.05, 4.69) is 24.5 Å². The average molecular weight is 349 g/mol. The van der Waals surface area contributed by atoms with Gasteiger partial charge in [0.05, 0.1) is 7.11 Å². The van der Waals surface area contributed by atoms with E-state index in [1.54, 1.807) is 7.11 Å². The highest BCUT2D eigenvalue weighted by atomic mass is 16.5. The molecule has 0 spiro atoms. The maximum Gasteiger partial charge on any atom is 0.267 e. The van der Waals surface area contributed by atoms with Crippen LogP contribution in [-0.4, -0.2) is 13.0 Å². The smallest absolute Gasteiger partial charge is 0.267 e. The molecule has 5 nitrogen and oxygen atoms in total. The summed E-state index contributed by atoms with van der Waals surface area (Å²) in [5, 5.41) is 15.1. The van der Waals surface area contributed by atoms with Crippen molar-refractivity contribution in [2.24, 2.45) is 0 Å². The molecule has 0 aliphatic heterocycles. The van der Waals surface area contributed by atoms with Gasteiger partial charge in [-0.2, -0.15) is 5.26 Å². The fraction of sp³-hybridized carbons (Fsp3) is 0.238. The highest BCUT2D eigenvalue weighted by Gasteiger charge is 2.12. The zero-order chi connectivity index (χ0) is 18.9. The summed E-state index contributed by atoms with van der Waals surface area (Å²) in [6.07, 6.45) is 1.44. The second-order valence-corrected chi connectivity index (χ2v) is 6.10. The minimum atomic E-state index is -0.432. The van der Waals surface area contributed by atoms with Gasteiger partial charge in [0, 0.05) is 18.4 Å². The SMILES string of the molecule is COc1cccc(CN/C=C(/C#N)C(=O)Nc2ccccc2C(C)C)c1. The van der Waals surface area contributed by atoms with E-state index in [1.165, 1.54) is 6.20 Å². The zero-order valence-corrected chi connectivity index (χ0v) is 15.2. The van der Waals surface area contributed by atoms with Crippen LogP contribution in [0, 0.1) is 11.3 Å². The first-order valence-electron chi connectivity index (χ1n) is 8.42. The number of nitriles is 1. The molecule has 0 aliphatic rings. The molecule has 0 aromatic heterocycles. The Morgan fingerprint density at radius 2 is 2.00 bits per heavy atom. The maximum absolute atomic E-state index is 12.4. The molecule has 0 saturated heterocycles. The third-order valence-electron chi connectivity index (χ3n) is 3.88. The highest BCUT2D eigenvalue weighted by Crippen LogP contribution is 2.24. The topological polar surface area (TPSA) is 74.1 Å². The Bertz CT molecular complexity index is 835. The van der Waals surface area contributed by atoms with E-state index >= 15 is 0 Å². The molecule has 2 rings (SSSR count). The zero-order valence-electron chi connectivity index (χ0n) is 15.2. The summed E-state index contributed by atoms with van der Waals surface area (Å²) in [4.78, 5) is 12.4. The van der Waals surface area contributed by atoms with E-state index < -0.39 is 5.91 Å². The van der Waals surface area contributed by atoms with Crippen molar-refractivity contribution in [1.29, 1.82) is 5.26 Å². The molecular formula is C21H23N3O2. The Kier molecular flexibility index (Phi) is 6.81. The van der Waals surface area contributed by atoms with E-state index in [0.29, 0.717) is 6.54 Å². The van der Waals surface area contributed by atoms with Crippen molar-refractivity contribution in [3.8, 4) is 11.8 Å². The van der Waals surface area contributed by atoms with Gasteiger partial charge in [-0.15, -0.1) is 0 Å². The number of benzene rings is 2. The molecule has 2 aromatic carbocycles. The maximum atomic E-state index is 12.4. The standard InChI is InChI=1S/C21H23N3O2/c1-15(2)19-9-4-5-10-20(19)24-21(25)17(12-22)14-23-13-16-7-6-8-18(11-16)26-3/h4-11,14-15,23H,13H2,1-3H3,(H,24,25)/b17-14-. The lowest BCUT2D eigenvalue weighted by Gasteiger charge is -2.13. The number of nitrogens with zero attached hydrogens (tertiary/aromatic N) is 1. The molecule has 0 bridgehead atoms. The third kappa shape index (κ3) is 5.12. The summed E-state index contributed by atoms with van der Waals surface area (Å²) in [6, 6.07) is 17.1. The van der Waals surface area contributed by atoms with Gasteiger partial charge in [0.2, 0.25) is 0 Å². The molecular weight excluding hydrogens is 326 g/mol. The van der Waals surface area contributed by atoms with Gasteiger partial charge < -0.3 is 15.4 Å². The quantitative estimate of drug-likeness (QED) is 0.586. The van der Waals surface area contributed by atoms with E-state index in [-0.39, 0.29) is 11.5 Å². The van der Waals surface area contributed by atoms with E-state index in [1.807, 2.05) is 54.6 Å². The normalized spacial score (nSPS) is 11.0. The van der Waals surface area contributed by atoms with Crippen LogP contribution in [0.5, 0.6) is 5.75 Å². The molecule has 134 valence electrons. The van der Waals surface area contributed by atoms with Gasteiger partial charge in [-0.05, 0) is 35.2 Å². The second-order valence-electron chi connectivity index (χ2n) is 6.10. The second kappa shape index (κ2) is 9.28. The molecule has 2 N–H and O–H groups in total. The van der Waals surface area contributed by atoms with E-state index in [0.717, 1.165) is 22.6 Å². The molecule has 1 amide bonds. The number of anilines is 1. The summed E-state index contributed by atoms with van der Waals surface area (Å²) in [5.74, 6) is 0.600. The van der Waals surface area contributed by atoms with Crippen LogP contribution >= 0.6 is 0 Å². The van der Waals surface area contributed by atoms with Gasteiger partial charge in [-0.1, -0.05) is 44.2 Å². The first-order valence-corrected chi connectivity index (χ1v) is 8.42. The molecule has 26 heavy (non-hydrogen) atoms. The molecule has 0 heterocycles. The van der Waals surface area contributed by atoms with Gasteiger partial charge >= 0.3 is 0 Å². The summed E-state index contributed by atoms with van der Waals surface area (Å²) >= 11 is 0. The van der Waals surface area contributed by atoms with Crippen molar-refractivity contribution in [1.82, 2.24) is 5.32 Å². The predicted octanol–water partition coefficient (Wildman–Crippen LogP) is 3.95. The Balaban J connectivity index is 2.04. The number of rotatable bonds is 7. The minimum absolute atomic E-state index is 0.0199.